The Labute approximate surface area is 93.4 Å². The van der Waals surface area contributed by atoms with Crippen LogP contribution in [0, 0.1) is 0 Å². The molecule has 0 atom stereocenters. The predicted molar refractivity (Wildman–Crippen MR) is 63.9 cm³/mol. The zero-order valence-corrected chi connectivity index (χ0v) is 10.7. The molecule has 1 amide bonds. The molecule has 0 aromatic heterocycles. The van der Waals surface area contributed by atoms with Gasteiger partial charge in [0.25, 0.3) is 0 Å². The summed E-state index contributed by atoms with van der Waals surface area (Å²) in [6.07, 6.45) is 0. The molecule has 4 heteroatoms. The van der Waals surface area contributed by atoms with Gasteiger partial charge >= 0.3 is 0 Å². The van der Waals surface area contributed by atoms with E-state index < -0.39 is 0 Å². The molecule has 0 aliphatic heterocycles. The average Bonchev–Trinajstić information content (AvgIpc) is 2.01. The minimum Gasteiger partial charge on any atom is -0.355 e. The van der Waals surface area contributed by atoms with E-state index in [9.17, 15) is 4.79 Å². The highest BCUT2D eigenvalue weighted by Crippen LogP contribution is 1.97. The summed E-state index contributed by atoms with van der Waals surface area (Å²) in [5.41, 5.74) is 0.145. The van der Waals surface area contributed by atoms with Gasteiger partial charge in [-0.15, -0.1) is 0 Å². The van der Waals surface area contributed by atoms with Crippen molar-refractivity contribution < 1.29 is 4.79 Å². The molecule has 15 heavy (non-hydrogen) atoms. The molecule has 0 aromatic carbocycles. The van der Waals surface area contributed by atoms with Crippen LogP contribution in [0.5, 0.6) is 0 Å². The lowest BCUT2D eigenvalue weighted by Crippen LogP contribution is -2.42. The van der Waals surface area contributed by atoms with Crippen molar-refractivity contribution in [3.63, 3.8) is 0 Å². The van der Waals surface area contributed by atoms with Crippen LogP contribution < -0.4 is 10.6 Å². The molecule has 0 saturated heterocycles. The summed E-state index contributed by atoms with van der Waals surface area (Å²) in [7, 11) is 1.96. The van der Waals surface area contributed by atoms with Crippen molar-refractivity contribution in [3.05, 3.63) is 0 Å². The molecule has 0 aliphatic rings. The standard InChI is InChI=1S/C11H25N3O/c1-6-12-10(15)9-14(5)8-7-13-11(2,3)4/h13H,6-9H2,1-5H3,(H,12,15). The van der Waals surface area contributed by atoms with Gasteiger partial charge in [-0.2, -0.15) is 0 Å². The molecule has 0 aliphatic carbocycles. The van der Waals surface area contributed by atoms with E-state index in [1.54, 1.807) is 0 Å². The number of hydrogen-bond donors (Lipinski definition) is 2. The monoisotopic (exact) mass is 215 g/mol. The first kappa shape index (κ1) is 14.4. The Morgan fingerprint density at radius 3 is 2.40 bits per heavy atom. The van der Waals surface area contributed by atoms with Gasteiger partial charge in [0, 0.05) is 25.2 Å². The van der Waals surface area contributed by atoms with Crippen LogP contribution in [0.15, 0.2) is 0 Å². The first-order chi connectivity index (χ1) is 6.85. The summed E-state index contributed by atoms with van der Waals surface area (Å²) < 4.78 is 0. The molecule has 0 rings (SSSR count). The Balaban J connectivity index is 3.57. The van der Waals surface area contributed by atoms with E-state index in [1.165, 1.54) is 0 Å². The predicted octanol–water partition coefficient (Wildman–Crippen LogP) is 0.442. The Bertz CT molecular complexity index is 187. The van der Waals surface area contributed by atoms with Crippen molar-refractivity contribution in [2.75, 3.05) is 33.2 Å². The Morgan fingerprint density at radius 1 is 1.33 bits per heavy atom. The van der Waals surface area contributed by atoms with Gasteiger partial charge in [0.05, 0.1) is 6.54 Å². The van der Waals surface area contributed by atoms with Crippen LogP contribution in [0.4, 0.5) is 0 Å². The molecule has 2 N–H and O–H groups in total. The van der Waals surface area contributed by atoms with Crippen molar-refractivity contribution >= 4 is 5.91 Å². The fraction of sp³-hybridized carbons (Fsp3) is 0.909. The third kappa shape index (κ3) is 9.69. The third-order valence-electron chi connectivity index (χ3n) is 1.94. The number of nitrogens with one attached hydrogen (secondary N) is 2. The number of carbonyl (C=O) groups excluding carboxylic acids is 1. The largest absolute Gasteiger partial charge is 0.355 e. The molecule has 0 aromatic rings. The maximum atomic E-state index is 11.2. The summed E-state index contributed by atoms with van der Waals surface area (Å²) >= 11 is 0. The summed E-state index contributed by atoms with van der Waals surface area (Å²) in [5, 5.41) is 6.17. The molecule has 0 bridgehead atoms. The van der Waals surface area contributed by atoms with E-state index in [4.69, 9.17) is 0 Å². The van der Waals surface area contributed by atoms with Crippen LogP contribution in [-0.2, 0) is 4.79 Å². The normalized spacial score (nSPS) is 11.9. The van der Waals surface area contributed by atoms with Crippen LogP contribution in [0.1, 0.15) is 27.7 Å². The van der Waals surface area contributed by atoms with Gasteiger partial charge in [0.15, 0.2) is 0 Å². The molecule has 4 nitrogen and oxygen atoms in total. The molecule has 0 fully saturated rings. The summed E-state index contributed by atoms with van der Waals surface area (Å²) in [6.45, 7) is 11.3. The molecule has 90 valence electrons. The number of hydrogen-bond acceptors (Lipinski definition) is 3. The van der Waals surface area contributed by atoms with Gasteiger partial charge in [-0.3, -0.25) is 9.69 Å². The van der Waals surface area contributed by atoms with Gasteiger partial charge in [0.2, 0.25) is 5.91 Å². The molecule has 0 unspecified atom stereocenters. The number of amides is 1. The fourth-order valence-corrected chi connectivity index (χ4v) is 1.20. The Kier molecular flexibility index (Phi) is 6.52. The minimum atomic E-state index is 0.0933. The molecular formula is C11H25N3O. The minimum absolute atomic E-state index is 0.0933. The number of carbonyl (C=O) groups is 1. The second kappa shape index (κ2) is 6.80. The van der Waals surface area contributed by atoms with Gasteiger partial charge < -0.3 is 10.6 Å². The van der Waals surface area contributed by atoms with E-state index in [0.717, 1.165) is 13.1 Å². The van der Waals surface area contributed by atoms with Crippen LogP contribution in [0.2, 0.25) is 0 Å². The topological polar surface area (TPSA) is 44.4 Å². The van der Waals surface area contributed by atoms with Gasteiger partial charge in [0.1, 0.15) is 0 Å². The van der Waals surface area contributed by atoms with Crippen molar-refractivity contribution in [3.8, 4) is 0 Å². The van der Waals surface area contributed by atoms with Crippen LogP contribution >= 0.6 is 0 Å². The van der Waals surface area contributed by atoms with Crippen molar-refractivity contribution in [1.29, 1.82) is 0 Å². The number of nitrogens with zero attached hydrogens (tertiary/aromatic N) is 1. The fourth-order valence-electron chi connectivity index (χ4n) is 1.20. The average molecular weight is 215 g/mol. The highest BCUT2D eigenvalue weighted by molar-refractivity contribution is 5.77. The summed E-state index contributed by atoms with van der Waals surface area (Å²) in [4.78, 5) is 13.3. The van der Waals surface area contributed by atoms with E-state index in [1.807, 2.05) is 18.9 Å². The summed E-state index contributed by atoms with van der Waals surface area (Å²) in [6, 6.07) is 0. The highest BCUT2D eigenvalue weighted by Gasteiger charge is 2.09. The van der Waals surface area contributed by atoms with E-state index in [0.29, 0.717) is 13.1 Å². The lowest BCUT2D eigenvalue weighted by molar-refractivity contribution is -0.121. The maximum absolute atomic E-state index is 11.2. The second-order valence-corrected chi connectivity index (χ2v) is 4.87. The van der Waals surface area contributed by atoms with Gasteiger partial charge in [-0.1, -0.05) is 0 Å². The van der Waals surface area contributed by atoms with Crippen molar-refractivity contribution in [2.45, 2.75) is 33.2 Å². The lowest BCUT2D eigenvalue weighted by atomic mass is 10.1. The Morgan fingerprint density at radius 2 is 1.93 bits per heavy atom. The molecular weight excluding hydrogens is 190 g/mol. The SMILES string of the molecule is CCNC(=O)CN(C)CCNC(C)(C)C. The number of rotatable bonds is 6. The molecule has 0 radical (unpaired) electrons. The van der Waals surface area contributed by atoms with E-state index in [-0.39, 0.29) is 11.4 Å². The first-order valence-corrected chi connectivity index (χ1v) is 5.55. The van der Waals surface area contributed by atoms with Gasteiger partial charge in [-0.05, 0) is 34.7 Å². The maximum Gasteiger partial charge on any atom is 0.234 e. The third-order valence-corrected chi connectivity index (χ3v) is 1.94. The first-order valence-electron chi connectivity index (χ1n) is 5.55. The molecule has 0 saturated carbocycles. The van der Waals surface area contributed by atoms with Crippen molar-refractivity contribution in [1.82, 2.24) is 15.5 Å². The summed E-state index contributed by atoms with van der Waals surface area (Å²) in [5.74, 6) is 0.0933. The van der Waals surface area contributed by atoms with Gasteiger partial charge in [-0.25, -0.2) is 0 Å². The zero-order valence-electron chi connectivity index (χ0n) is 10.7. The van der Waals surface area contributed by atoms with Crippen LogP contribution in [0.25, 0.3) is 0 Å². The van der Waals surface area contributed by atoms with Crippen LogP contribution in [-0.4, -0.2) is 49.6 Å². The van der Waals surface area contributed by atoms with E-state index in [2.05, 4.69) is 31.4 Å². The van der Waals surface area contributed by atoms with E-state index >= 15 is 0 Å². The quantitative estimate of drug-likeness (QED) is 0.676. The zero-order chi connectivity index (χ0) is 11.9. The smallest absolute Gasteiger partial charge is 0.234 e. The second-order valence-electron chi connectivity index (χ2n) is 4.87. The molecule has 0 heterocycles. The van der Waals surface area contributed by atoms with Crippen LogP contribution in [0.3, 0.4) is 0 Å². The highest BCUT2D eigenvalue weighted by atomic mass is 16.1. The van der Waals surface area contributed by atoms with Crippen molar-refractivity contribution in [2.24, 2.45) is 0 Å². The lowest BCUT2D eigenvalue weighted by Gasteiger charge is -2.23. The number of likely N-dealkylation sites (N-methyl/N-ethyl adjacent to an activating group) is 2. The Hall–Kier alpha value is -0.610. The molecule has 0 spiro atoms.